The number of carbonyl (C=O) groups is 2. The fraction of sp³-hybridized carbons (Fsp3) is 0.600. The third kappa shape index (κ3) is 2.23. The molecule has 1 aliphatic carbocycles. The Morgan fingerprint density at radius 3 is 2.90 bits per heavy atom. The summed E-state index contributed by atoms with van der Waals surface area (Å²) in [5.74, 6) is 0.389. The Balaban J connectivity index is 1.92. The summed E-state index contributed by atoms with van der Waals surface area (Å²) in [5, 5.41) is 0. The van der Waals surface area contributed by atoms with Crippen LogP contribution in [0.1, 0.15) is 47.7 Å². The van der Waals surface area contributed by atoms with Crippen LogP contribution in [-0.2, 0) is 9.53 Å². The second-order valence-electron chi connectivity index (χ2n) is 5.86. The Bertz CT molecular complexity index is 564. The van der Waals surface area contributed by atoms with Crippen LogP contribution >= 0.6 is 0 Å². The third-order valence-electron chi connectivity index (χ3n) is 4.45. The van der Waals surface area contributed by atoms with Gasteiger partial charge in [0.2, 0.25) is 5.91 Å². The maximum absolute atomic E-state index is 12.9. The first-order valence-corrected chi connectivity index (χ1v) is 7.28. The maximum Gasteiger partial charge on any atom is 0.258 e. The average Bonchev–Trinajstić information content (AvgIpc) is 3.02. The maximum atomic E-state index is 12.9. The van der Waals surface area contributed by atoms with E-state index in [1.54, 1.807) is 17.2 Å². The molecule has 1 atom stereocenters. The van der Waals surface area contributed by atoms with Gasteiger partial charge >= 0.3 is 0 Å². The number of rotatable bonds is 5. The minimum absolute atomic E-state index is 0.130. The van der Waals surface area contributed by atoms with Gasteiger partial charge in [-0.2, -0.15) is 0 Å². The smallest absolute Gasteiger partial charge is 0.258 e. The van der Waals surface area contributed by atoms with Crippen molar-refractivity contribution in [2.75, 3.05) is 20.3 Å². The monoisotopic (exact) mass is 292 g/mol. The third-order valence-corrected chi connectivity index (χ3v) is 4.45. The first kappa shape index (κ1) is 14.1. The highest BCUT2D eigenvalue weighted by Gasteiger charge is 2.49. The summed E-state index contributed by atoms with van der Waals surface area (Å²) in [6.07, 6.45) is 4.92. The van der Waals surface area contributed by atoms with E-state index in [2.05, 4.69) is 0 Å². The van der Waals surface area contributed by atoms with Gasteiger partial charge in [-0.25, -0.2) is 0 Å². The lowest BCUT2D eigenvalue weighted by Crippen LogP contribution is -2.58. The van der Waals surface area contributed by atoms with E-state index >= 15 is 0 Å². The fourth-order valence-electron chi connectivity index (χ4n) is 3.20. The van der Waals surface area contributed by atoms with Crippen molar-refractivity contribution in [1.29, 1.82) is 0 Å². The molecule has 21 heavy (non-hydrogen) atoms. The van der Waals surface area contributed by atoms with E-state index in [9.17, 15) is 9.59 Å². The lowest BCUT2D eigenvalue weighted by atomic mass is 9.95. The SMILES string of the molecule is COCC1(C(N)=O)CCCN1C(=O)c1ccoc1C1CC1. The lowest BCUT2D eigenvalue weighted by Gasteiger charge is -2.35. The van der Waals surface area contributed by atoms with E-state index in [-0.39, 0.29) is 12.5 Å². The molecule has 6 heteroatoms. The zero-order valence-corrected chi connectivity index (χ0v) is 12.1. The van der Waals surface area contributed by atoms with Crippen molar-refractivity contribution < 1.29 is 18.7 Å². The topological polar surface area (TPSA) is 85.8 Å². The summed E-state index contributed by atoms with van der Waals surface area (Å²) in [7, 11) is 1.51. The van der Waals surface area contributed by atoms with Crippen molar-refractivity contribution >= 4 is 11.8 Å². The predicted molar refractivity (Wildman–Crippen MR) is 74.8 cm³/mol. The van der Waals surface area contributed by atoms with Gasteiger partial charge in [0.25, 0.3) is 5.91 Å². The van der Waals surface area contributed by atoms with E-state index in [0.29, 0.717) is 24.4 Å². The number of ether oxygens (including phenoxy) is 1. The minimum Gasteiger partial charge on any atom is -0.468 e. The number of methoxy groups -OCH3 is 1. The molecule has 0 radical (unpaired) electrons. The number of likely N-dealkylation sites (tertiary alicyclic amines) is 1. The lowest BCUT2D eigenvalue weighted by molar-refractivity contribution is -0.130. The van der Waals surface area contributed by atoms with Crippen molar-refractivity contribution in [3.05, 3.63) is 23.7 Å². The molecule has 2 amide bonds. The molecule has 0 aromatic carbocycles. The number of amides is 2. The molecule has 2 fully saturated rings. The Morgan fingerprint density at radius 1 is 1.52 bits per heavy atom. The van der Waals surface area contributed by atoms with E-state index in [1.165, 1.54) is 7.11 Å². The quantitative estimate of drug-likeness (QED) is 0.885. The summed E-state index contributed by atoms with van der Waals surface area (Å²) < 4.78 is 10.6. The van der Waals surface area contributed by atoms with Crippen LogP contribution in [0, 0.1) is 0 Å². The molecule has 1 aromatic rings. The summed E-state index contributed by atoms with van der Waals surface area (Å²) >= 11 is 0. The van der Waals surface area contributed by atoms with Crippen molar-refractivity contribution in [3.8, 4) is 0 Å². The van der Waals surface area contributed by atoms with Crippen molar-refractivity contribution in [2.24, 2.45) is 5.73 Å². The molecule has 2 heterocycles. The predicted octanol–water partition coefficient (Wildman–Crippen LogP) is 1.26. The number of hydrogen-bond acceptors (Lipinski definition) is 4. The van der Waals surface area contributed by atoms with Crippen molar-refractivity contribution in [1.82, 2.24) is 4.90 Å². The van der Waals surface area contributed by atoms with Crippen LogP contribution in [0.2, 0.25) is 0 Å². The molecule has 3 rings (SSSR count). The molecule has 1 saturated heterocycles. The highest BCUT2D eigenvalue weighted by molar-refractivity contribution is 6.00. The standard InChI is InChI=1S/C15H20N2O4/c1-20-9-15(14(16)19)6-2-7-17(15)13(18)11-5-8-21-12(11)10-3-4-10/h5,8,10H,2-4,6-7,9H2,1H3,(H2,16,19). The van der Waals surface area contributed by atoms with Crippen molar-refractivity contribution in [3.63, 3.8) is 0 Å². The molecule has 1 aromatic heterocycles. The van der Waals surface area contributed by atoms with Gasteiger partial charge in [-0.15, -0.1) is 0 Å². The summed E-state index contributed by atoms with van der Waals surface area (Å²) in [5.41, 5.74) is 5.09. The second kappa shape index (κ2) is 5.18. The van der Waals surface area contributed by atoms with Gasteiger partial charge in [-0.05, 0) is 31.7 Å². The van der Waals surface area contributed by atoms with Gasteiger partial charge in [0.1, 0.15) is 11.3 Å². The molecular weight excluding hydrogens is 272 g/mol. The number of furan rings is 1. The van der Waals surface area contributed by atoms with Crippen LogP contribution in [0.3, 0.4) is 0 Å². The van der Waals surface area contributed by atoms with Crippen LogP contribution in [0.5, 0.6) is 0 Å². The molecule has 1 aliphatic heterocycles. The fourth-order valence-corrected chi connectivity index (χ4v) is 3.20. The van der Waals surface area contributed by atoms with Crippen LogP contribution < -0.4 is 5.73 Å². The summed E-state index contributed by atoms with van der Waals surface area (Å²) in [4.78, 5) is 26.4. The van der Waals surface area contributed by atoms with Crippen LogP contribution in [0.15, 0.2) is 16.7 Å². The number of hydrogen-bond donors (Lipinski definition) is 1. The Morgan fingerprint density at radius 2 is 2.29 bits per heavy atom. The summed E-state index contributed by atoms with van der Waals surface area (Å²) in [6, 6.07) is 1.69. The molecule has 1 unspecified atom stereocenters. The van der Waals surface area contributed by atoms with Gasteiger partial charge in [0.15, 0.2) is 0 Å². The molecule has 2 aliphatic rings. The van der Waals surface area contributed by atoms with Crippen LogP contribution in [0.4, 0.5) is 0 Å². The van der Waals surface area contributed by atoms with Crippen LogP contribution in [-0.4, -0.2) is 42.5 Å². The highest BCUT2D eigenvalue weighted by Crippen LogP contribution is 2.43. The number of carbonyl (C=O) groups excluding carboxylic acids is 2. The first-order valence-electron chi connectivity index (χ1n) is 7.28. The van der Waals surface area contributed by atoms with Gasteiger partial charge in [-0.1, -0.05) is 0 Å². The number of nitrogens with zero attached hydrogens (tertiary/aromatic N) is 1. The van der Waals surface area contributed by atoms with Gasteiger partial charge in [0, 0.05) is 19.6 Å². The van der Waals surface area contributed by atoms with E-state index in [4.69, 9.17) is 14.9 Å². The normalized spacial score (nSPS) is 25.3. The minimum atomic E-state index is -1.04. The first-order chi connectivity index (χ1) is 10.1. The van der Waals surface area contributed by atoms with E-state index in [0.717, 1.165) is 25.0 Å². The van der Waals surface area contributed by atoms with Crippen molar-refractivity contribution in [2.45, 2.75) is 37.1 Å². The number of primary amides is 1. The zero-order chi connectivity index (χ0) is 15.0. The largest absolute Gasteiger partial charge is 0.468 e. The van der Waals surface area contributed by atoms with Gasteiger partial charge in [0.05, 0.1) is 18.4 Å². The molecule has 6 nitrogen and oxygen atoms in total. The van der Waals surface area contributed by atoms with Gasteiger partial charge in [-0.3, -0.25) is 9.59 Å². The summed E-state index contributed by atoms with van der Waals surface area (Å²) in [6.45, 7) is 0.644. The second-order valence-corrected chi connectivity index (χ2v) is 5.86. The Hall–Kier alpha value is -1.82. The number of nitrogens with two attached hydrogens (primary N) is 1. The molecular formula is C15H20N2O4. The molecule has 0 bridgehead atoms. The van der Waals surface area contributed by atoms with E-state index < -0.39 is 11.4 Å². The highest BCUT2D eigenvalue weighted by atomic mass is 16.5. The Kier molecular flexibility index (Phi) is 3.49. The van der Waals surface area contributed by atoms with E-state index in [1.807, 2.05) is 0 Å². The molecule has 114 valence electrons. The van der Waals surface area contributed by atoms with Gasteiger partial charge < -0.3 is 19.8 Å². The Labute approximate surface area is 123 Å². The zero-order valence-electron chi connectivity index (χ0n) is 12.1. The molecule has 1 saturated carbocycles. The molecule has 0 spiro atoms. The van der Waals surface area contributed by atoms with Crippen LogP contribution in [0.25, 0.3) is 0 Å². The molecule has 2 N–H and O–H groups in total. The average molecular weight is 292 g/mol.